The Kier molecular flexibility index (Phi) is 5.93. The van der Waals surface area contributed by atoms with E-state index in [1.807, 2.05) is 19.1 Å². The van der Waals surface area contributed by atoms with Crippen molar-refractivity contribution < 1.29 is 9.21 Å². The van der Waals surface area contributed by atoms with Crippen LogP contribution in [-0.2, 0) is 17.6 Å². The van der Waals surface area contributed by atoms with Crippen LogP contribution in [0.15, 0.2) is 46.2 Å². The first kappa shape index (κ1) is 18.5. The maximum atomic E-state index is 12.9. The van der Waals surface area contributed by atoms with Crippen molar-refractivity contribution >= 4 is 34.6 Å². The summed E-state index contributed by atoms with van der Waals surface area (Å²) in [6.07, 6.45) is 4.12. The van der Waals surface area contributed by atoms with Gasteiger partial charge >= 0.3 is 0 Å². The lowest BCUT2D eigenvalue weighted by atomic mass is 10.0. The second kappa shape index (κ2) is 8.36. The van der Waals surface area contributed by atoms with E-state index in [1.54, 1.807) is 12.3 Å². The van der Waals surface area contributed by atoms with Crippen molar-refractivity contribution in [1.29, 1.82) is 0 Å². The largest absolute Gasteiger partial charge is 0.430 e. The molecule has 26 heavy (non-hydrogen) atoms. The quantitative estimate of drug-likeness (QED) is 0.603. The molecule has 0 saturated heterocycles. The monoisotopic (exact) mass is 369 g/mol. The number of nitrogens with one attached hydrogen (secondary N) is 1. The zero-order valence-electron chi connectivity index (χ0n) is 15.3. The van der Waals surface area contributed by atoms with Gasteiger partial charge in [0.15, 0.2) is 11.2 Å². The molecule has 2 aromatic heterocycles. The number of nitrogens with zero attached hydrogens (tertiary/aromatic N) is 2. The van der Waals surface area contributed by atoms with Crippen molar-refractivity contribution in [2.24, 2.45) is 0 Å². The van der Waals surface area contributed by atoms with Crippen molar-refractivity contribution in [2.75, 3.05) is 5.32 Å². The van der Waals surface area contributed by atoms with Gasteiger partial charge in [-0.25, -0.2) is 4.98 Å². The number of aromatic nitrogens is 2. The summed E-state index contributed by atoms with van der Waals surface area (Å²) in [5.41, 5.74) is 4.46. The Bertz CT molecular complexity index is 852. The van der Waals surface area contributed by atoms with Crippen molar-refractivity contribution in [3.05, 3.63) is 47.7 Å². The number of aryl methyl sites for hydroxylation is 2. The first-order valence-electron chi connectivity index (χ1n) is 8.96. The number of carbonyl (C=O) groups is 1. The summed E-state index contributed by atoms with van der Waals surface area (Å²) in [4.78, 5) is 21.4. The van der Waals surface area contributed by atoms with Crippen molar-refractivity contribution in [1.82, 2.24) is 9.97 Å². The Morgan fingerprint density at radius 3 is 2.50 bits per heavy atom. The van der Waals surface area contributed by atoms with Crippen molar-refractivity contribution in [2.45, 2.75) is 50.5 Å². The lowest BCUT2D eigenvalue weighted by Crippen LogP contribution is -2.25. The molecule has 3 rings (SSSR count). The van der Waals surface area contributed by atoms with Crippen LogP contribution in [0, 0.1) is 0 Å². The molecule has 0 radical (unpaired) electrons. The Morgan fingerprint density at radius 1 is 1.15 bits per heavy atom. The van der Waals surface area contributed by atoms with Crippen LogP contribution >= 0.6 is 11.8 Å². The topological polar surface area (TPSA) is 68.0 Å². The molecule has 5 nitrogen and oxygen atoms in total. The summed E-state index contributed by atoms with van der Waals surface area (Å²) in [5.74, 6) is -0.0247. The minimum atomic E-state index is -0.280. The molecule has 2 heterocycles. The highest BCUT2D eigenvalue weighted by molar-refractivity contribution is 8.00. The lowest BCUT2D eigenvalue weighted by Gasteiger charge is -2.17. The molecule has 0 saturated carbocycles. The fraction of sp³-hybridized carbons (Fsp3) is 0.350. The second-order valence-electron chi connectivity index (χ2n) is 5.97. The maximum absolute atomic E-state index is 12.9. The number of oxazole rings is 1. The van der Waals surface area contributed by atoms with E-state index in [0.717, 1.165) is 29.7 Å². The molecule has 1 atom stereocenters. The number of carbonyl (C=O) groups excluding carboxylic acids is 1. The van der Waals surface area contributed by atoms with Gasteiger partial charge in [0, 0.05) is 11.9 Å². The number of thioether (sulfide) groups is 1. The number of hydrogen-bond donors (Lipinski definition) is 1. The van der Waals surface area contributed by atoms with Gasteiger partial charge in [0.25, 0.3) is 5.22 Å². The van der Waals surface area contributed by atoms with E-state index in [-0.39, 0.29) is 11.2 Å². The third kappa shape index (κ3) is 3.90. The SMILES string of the molecule is CCc1cccc(CC)c1NC(=O)C(CC)Sc1nc2ncccc2o1. The molecule has 6 heteroatoms. The average Bonchev–Trinajstić information content (AvgIpc) is 3.08. The van der Waals surface area contributed by atoms with Crippen LogP contribution in [-0.4, -0.2) is 21.1 Å². The molecular formula is C20H23N3O2S. The number of amides is 1. The van der Waals surface area contributed by atoms with Crippen LogP contribution in [0.5, 0.6) is 0 Å². The van der Waals surface area contributed by atoms with Crippen LogP contribution < -0.4 is 5.32 Å². The molecule has 1 amide bonds. The molecule has 1 aromatic carbocycles. The zero-order valence-corrected chi connectivity index (χ0v) is 16.1. The molecule has 0 fully saturated rings. The van der Waals surface area contributed by atoms with Crippen LogP contribution in [0.25, 0.3) is 11.2 Å². The van der Waals surface area contributed by atoms with E-state index < -0.39 is 0 Å². The number of rotatable bonds is 7. The van der Waals surface area contributed by atoms with Gasteiger partial charge in [0.2, 0.25) is 5.91 Å². The van der Waals surface area contributed by atoms with Gasteiger partial charge in [0.1, 0.15) is 0 Å². The van der Waals surface area contributed by atoms with Crippen LogP contribution in [0.1, 0.15) is 38.3 Å². The van der Waals surface area contributed by atoms with Gasteiger partial charge in [-0.3, -0.25) is 4.79 Å². The molecule has 0 spiro atoms. The van der Waals surface area contributed by atoms with Gasteiger partial charge in [-0.15, -0.1) is 0 Å². The molecule has 0 aliphatic rings. The van der Waals surface area contributed by atoms with Gasteiger partial charge in [-0.05, 0) is 42.5 Å². The third-order valence-electron chi connectivity index (χ3n) is 4.30. The average molecular weight is 369 g/mol. The number of anilines is 1. The van der Waals surface area contributed by atoms with E-state index in [4.69, 9.17) is 4.42 Å². The third-order valence-corrected chi connectivity index (χ3v) is 5.51. The minimum Gasteiger partial charge on any atom is -0.430 e. The number of fused-ring (bicyclic) bond motifs is 1. The Labute approximate surface area is 157 Å². The summed E-state index contributed by atoms with van der Waals surface area (Å²) in [5, 5.41) is 3.33. The Balaban J connectivity index is 1.79. The lowest BCUT2D eigenvalue weighted by molar-refractivity contribution is -0.115. The van der Waals surface area contributed by atoms with Crippen LogP contribution in [0.2, 0.25) is 0 Å². The fourth-order valence-electron chi connectivity index (χ4n) is 2.85. The molecule has 0 bridgehead atoms. The number of hydrogen-bond acceptors (Lipinski definition) is 5. The van der Waals surface area contributed by atoms with E-state index in [2.05, 4.69) is 41.3 Å². The Hall–Kier alpha value is -2.34. The molecule has 3 aromatic rings. The molecule has 0 aliphatic heterocycles. The number of benzene rings is 1. The van der Waals surface area contributed by atoms with E-state index in [0.29, 0.717) is 22.9 Å². The van der Waals surface area contributed by atoms with E-state index in [9.17, 15) is 4.79 Å². The Morgan fingerprint density at radius 2 is 1.88 bits per heavy atom. The van der Waals surface area contributed by atoms with Gasteiger partial charge in [-0.1, -0.05) is 50.7 Å². The van der Waals surface area contributed by atoms with Crippen molar-refractivity contribution in [3.8, 4) is 0 Å². The van der Waals surface area contributed by atoms with E-state index >= 15 is 0 Å². The molecule has 0 aliphatic carbocycles. The van der Waals surface area contributed by atoms with Crippen molar-refractivity contribution in [3.63, 3.8) is 0 Å². The summed E-state index contributed by atoms with van der Waals surface area (Å²) in [6, 6.07) is 9.81. The highest BCUT2D eigenvalue weighted by Crippen LogP contribution is 2.29. The zero-order chi connectivity index (χ0) is 18.5. The molecule has 136 valence electrons. The predicted molar refractivity (Wildman–Crippen MR) is 106 cm³/mol. The van der Waals surface area contributed by atoms with Crippen LogP contribution in [0.3, 0.4) is 0 Å². The normalized spacial score (nSPS) is 12.3. The maximum Gasteiger partial charge on any atom is 0.259 e. The smallest absolute Gasteiger partial charge is 0.259 e. The van der Waals surface area contributed by atoms with Gasteiger partial charge in [0.05, 0.1) is 5.25 Å². The van der Waals surface area contributed by atoms with Gasteiger partial charge < -0.3 is 9.73 Å². The predicted octanol–water partition coefficient (Wildman–Crippen LogP) is 4.86. The summed E-state index contributed by atoms with van der Waals surface area (Å²) in [7, 11) is 0. The minimum absolute atomic E-state index is 0.0247. The van der Waals surface area contributed by atoms with Crippen LogP contribution in [0.4, 0.5) is 5.69 Å². The summed E-state index contributed by atoms with van der Waals surface area (Å²) >= 11 is 1.34. The first-order chi connectivity index (χ1) is 12.7. The van der Waals surface area contributed by atoms with E-state index in [1.165, 1.54) is 11.8 Å². The molecule has 1 N–H and O–H groups in total. The summed E-state index contributed by atoms with van der Waals surface area (Å²) < 4.78 is 5.70. The highest BCUT2D eigenvalue weighted by atomic mass is 32.2. The van der Waals surface area contributed by atoms with Gasteiger partial charge in [-0.2, -0.15) is 4.98 Å². The summed E-state index contributed by atoms with van der Waals surface area (Å²) in [6.45, 7) is 6.19. The first-order valence-corrected chi connectivity index (χ1v) is 9.84. The molecular weight excluding hydrogens is 346 g/mol. The fourth-order valence-corrected chi connectivity index (χ4v) is 3.70. The standard InChI is InChI=1S/C20H23N3O2S/c1-4-13-9-7-10-14(5-2)17(13)22-19(24)16(6-3)26-20-23-18-15(25-20)11-8-12-21-18/h7-12,16H,4-6H2,1-3H3,(H,22,24). The second-order valence-corrected chi connectivity index (χ2v) is 7.12. The molecule has 1 unspecified atom stereocenters. The number of pyridine rings is 1. The number of para-hydroxylation sites is 1. The highest BCUT2D eigenvalue weighted by Gasteiger charge is 2.22.